The van der Waals surface area contributed by atoms with Gasteiger partial charge in [-0.05, 0) is 22.0 Å². The van der Waals surface area contributed by atoms with Gasteiger partial charge in [0.05, 0.1) is 10.4 Å². The van der Waals surface area contributed by atoms with Crippen LogP contribution in [0.2, 0.25) is 0 Å². The second-order valence-electron chi connectivity index (χ2n) is 2.85. The highest BCUT2D eigenvalue weighted by Gasteiger charge is 2.10. The second kappa shape index (κ2) is 3.67. The first kappa shape index (κ1) is 9.61. The van der Waals surface area contributed by atoms with Gasteiger partial charge in [-0.2, -0.15) is 5.10 Å². The number of aryl methyl sites for hydroxylation is 1. The summed E-state index contributed by atoms with van der Waals surface area (Å²) in [6.45, 7) is 0. The molecule has 0 bridgehead atoms. The molecule has 0 aliphatic rings. The minimum absolute atomic E-state index is 0.627. The maximum absolute atomic E-state index is 10.8. The number of hydrogen-bond donors (Lipinski definition) is 0. The fourth-order valence-corrected chi connectivity index (χ4v) is 2.66. The summed E-state index contributed by atoms with van der Waals surface area (Å²) in [7, 11) is 1.80. The highest BCUT2D eigenvalue weighted by atomic mass is 79.9. The van der Waals surface area contributed by atoms with Gasteiger partial charge in [-0.25, -0.2) is 0 Å². The smallest absolute Gasteiger partial charge is 0.153 e. The summed E-state index contributed by atoms with van der Waals surface area (Å²) in [5.74, 6) is 0. The first-order valence-corrected chi connectivity index (χ1v) is 5.61. The van der Waals surface area contributed by atoms with Crippen LogP contribution < -0.4 is 0 Å². The van der Waals surface area contributed by atoms with Crippen molar-refractivity contribution in [2.24, 2.45) is 7.05 Å². The van der Waals surface area contributed by atoms with E-state index in [9.17, 15) is 4.79 Å². The third-order valence-corrected chi connectivity index (χ3v) is 3.48. The van der Waals surface area contributed by atoms with E-state index in [-0.39, 0.29) is 0 Å². The molecule has 2 aromatic rings. The number of aromatic nitrogens is 2. The molecular weight excluding hydrogens is 264 g/mol. The normalized spacial score (nSPS) is 10.4. The molecule has 0 N–H and O–H groups in total. The van der Waals surface area contributed by atoms with Gasteiger partial charge in [-0.15, -0.1) is 11.3 Å². The number of halogens is 1. The first-order chi connectivity index (χ1) is 6.70. The van der Waals surface area contributed by atoms with E-state index in [0.717, 1.165) is 21.3 Å². The predicted molar refractivity (Wildman–Crippen MR) is 59.6 cm³/mol. The number of thiophene rings is 1. The lowest BCUT2D eigenvalue weighted by Crippen LogP contribution is -1.86. The van der Waals surface area contributed by atoms with Crippen molar-refractivity contribution in [1.29, 1.82) is 0 Å². The Morgan fingerprint density at radius 2 is 2.43 bits per heavy atom. The van der Waals surface area contributed by atoms with E-state index in [1.165, 1.54) is 0 Å². The van der Waals surface area contributed by atoms with Crippen molar-refractivity contribution in [2.75, 3.05) is 0 Å². The molecule has 0 fully saturated rings. The molecule has 0 spiro atoms. The molecule has 72 valence electrons. The van der Waals surface area contributed by atoms with E-state index < -0.39 is 0 Å². The van der Waals surface area contributed by atoms with Gasteiger partial charge >= 0.3 is 0 Å². The van der Waals surface area contributed by atoms with Crippen molar-refractivity contribution in [3.8, 4) is 10.6 Å². The highest BCUT2D eigenvalue weighted by molar-refractivity contribution is 9.10. The Kier molecular flexibility index (Phi) is 2.52. The Morgan fingerprint density at radius 3 is 3.00 bits per heavy atom. The van der Waals surface area contributed by atoms with Crippen LogP contribution in [0.1, 0.15) is 10.4 Å². The van der Waals surface area contributed by atoms with Gasteiger partial charge in [-0.1, -0.05) is 0 Å². The van der Waals surface area contributed by atoms with Crippen LogP contribution in [-0.4, -0.2) is 16.1 Å². The third kappa shape index (κ3) is 1.65. The zero-order valence-corrected chi connectivity index (χ0v) is 9.80. The molecule has 0 radical (unpaired) electrons. The van der Waals surface area contributed by atoms with Crippen molar-refractivity contribution in [3.63, 3.8) is 0 Å². The Balaban J connectivity index is 2.55. The van der Waals surface area contributed by atoms with Crippen LogP contribution in [0.4, 0.5) is 0 Å². The average Bonchev–Trinajstić information content (AvgIpc) is 2.71. The molecule has 3 nitrogen and oxygen atoms in total. The van der Waals surface area contributed by atoms with E-state index in [1.54, 1.807) is 29.3 Å². The van der Waals surface area contributed by atoms with Crippen molar-refractivity contribution in [2.45, 2.75) is 0 Å². The molecule has 5 heteroatoms. The fourth-order valence-electron chi connectivity index (χ4n) is 1.22. The minimum Gasteiger partial charge on any atom is -0.298 e. The van der Waals surface area contributed by atoms with Crippen molar-refractivity contribution in [3.05, 3.63) is 27.7 Å². The molecular formula is C9H7BrN2OS. The van der Waals surface area contributed by atoms with E-state index in [4.69, 9.17) is 0 Å². The summed E-state index contributed by atoms with van der Waals surface area (Å²) < 4.78 is 2.66. The lowest BCUT2D eigenvalue weighted by Gasteiger charge is -1.89. The number of rotatable bonds is 2. The molecule has 0 aromatic carbocycles. The summed E-state index contributed by atoms with van der Waals surface area (Å²) in [5.41, 5.74) is 1.38. The quantitative estimate of drug-likeness (QED) is 0.787. The molecule has 0 unspecified atom stereocenters. The van der Waals surface area contributed by atoms with Crippen molar-refractivity contribution in [1.82, 2.24) is 9.78 Å². The summed E-state index contributed by atoms with van der Waals surface area (Å²) >= 11 is 4.93. The Hall–Kier alpha value is -0.940. The lowest BCUT2D eigenvalue weighted by molar-refractivity contribution is 0.112. The minimum atomic E-state index is 0.627. The van der Waals surface area contributed by atoms with Crippen molar-refractivity contribution < 1.29 is 4.79 Å². The number of hydrogen-bond acceptors (Lipinski definition) is 3. The largest absolute Gasteiger partial charge is 0.298 e. The monoisotopic (exact) mass is 270 g/mol. The molecule has 2 aromatic heterocycles. The van der Waals surface area contributed by atoms with Gasteiger partial charge in [0.2, 0.25) is 0 Å². The number of aldehydes is 1. The predicted octanol–water partition coefficient (Wildman–Crippen LogP) is 2.72. The topological polar surface area (TPSA) is 34.9 Å². The zero-order valence-electron chi connectivity index (χ0n) is 7.40. The second-order valence-corrected chi connectivity index (χ2v) is 4.68. The number of carbonyl (C=O) groups excluding carboxylic acids is 1. The highest BCUT2D eigenvalue weighted by Crippen LogP contribution is 2.30. The number of carbonyl (C=O) groups is 1. The van der Waals surface area contributed by atoms with E-state index in [2.05, 4.69) is 21.0 Å². The van der Waals surface area contributed by atoms with Crippen molar-refractivity contribution >= 4 is 33.6 Å². The third-order valence-electron chi connectivity index (χ3n) is 1.78. The zero-order chi connectivity index (χ0) is 10.1. The molecule has 2 heterocycles. The Morgan fingerprint density at radius 1 is 1.64 bits per heavy atom. The van der Waals surface area contributed by atoms with Crippen LogP contribution in [0.3, 0.4) is 0 Å². The first-order valence-electron chi connectivity index (χ1n) is 3.94. The maximum atomic E-state index is 10.8. The van der Waals surface area contributed by atoms with E-state index in [0.29, 0.717) is 5.56 Å². The summed E-state index contributed by atoms with van der Waals surface area (Å²) in [6, 6.07) is 1.96. The van der Waals surface area contributed by atoms with E-state index >= 15 is 0 Å². The van der Waals surface area contributed by atoms with Crippen LogP contribution in [0.15, 0.2) is 22.1 Å². The molecule has 0 aliphatic carbocycles. The molecule has 0 saturated carbocycles. The Labute approximate surface area is 93.5 Å². The van der Waals surface area contributed by atoms with Crippen LogP contribution in [0, 0.1) is 0 Å². The molecule has 2 rings (SSSR count). The molecule has 0 atom stereocenters. The molecule has 0 aliphatic heterocycles. The van der Waals surface area contributed by atoms with Crippen LogP contribution in [0.25, 0.3) is 10.6 Å². The van der Waals surface area contributed by atoms with E-state index in [1.807, 2.05) is 11.4 Å². The van der Waals surface area contributed by atoms with Crippen LogP contribution in [-0.2, 0) is 7.05 Å². The van der Waals surface area contributed by atoms with Gasteiger partial charge in [0.25, 0.3) is 0 Å². The van der Waals surface area contributed by atoms with Crippen LogP contribution in [0.5, 0.6) is 0 Å². The average molecular weight is 271 g/mol. The standard InChI is InChI=1S/C9H7BrN2OS/c1-12-3-6(4-13)9(11-12)8-2-7(10)5-14-8/h2-5H,1H3. The summed E-state index contributed by atoms with van der Waals surface area (Å²) in [6.07, 6.45) is 2.55. The fraction of sp³-hybridized carbons (Fsp3) is 0.111. The molecule has 0 saturated heterocycles. The van der Waals surface area contributed by atoms with Gasteiger partial charge < -0.3 is 0 Å². The molecule has 14 heavy (non-hydrogen) atoms. The van der Waals surface area contributed by atoms with Gasteiger partial charge in [0.15, 0.2) is 6.29 Å². The molecule has 0 amide bonds. The number of nitrogens with zero attached hydrogens (tertiary/aromatic N) is 2. The van der Waals surface area contributed by atoms with Crippen LogP contribution >= 0.6 is 27.3 Å². The van der Waals surface area contributed by atoms with Gasteiger partial charge in [0.1, 0.15) is 5.69 Å². The maximum Gasteiger partial charge on any atom is 0.153 e. The Bertz CT molecular complexity index is 475. The van der Waals surface area contributed by atoms with Gasteiger partial charge in [-0.3, -0.25) is 9.48 Å². The summed E-state index contributed by atoms with van der Waals surface area (Å²) in [4.78, 5) is 11.8. The SMILES string of the molecule is Cn1cc(C=O)c(-c2cc(Br)cs2)n1. The van der Waals surface area contributed by atoms with Gasteiger partial charge in [0, 0.05) is 23.1 Å². The lowest BCUT2D eigenvalue weighted by atomic mass is 10.2. The summed E-state index contributed by atoms with van der Waals surface area (Å²) in [5, 5.41) is 6.21.